The second kappa shape index (κ2) is 3.28. The number of ether oxygens (including phenoxy) is 1. The summed E-state index contributed by atoms with van der Waals surface area (Å²) >= 11 is 3.19. The van der Waals surface area contributed by atoms with Gasteiger partial charge in [-0.15, -0.1) is 0 Å². The summed E-state index contributed by atoms with van der Waals surface area (Å²) in [6.07, 6.45) is 0.420. The standard InChI is InChI=1S/C10H9BrO3/c11-6-10(9(12)13)5-7-3-1-2-4-8(7)14-10/h1-4H,5-6H2,(H,12,13). The molecule has 0 fully saturated rings. The Labute approximate surface area is 89.8 Å². The highest BCUT2D eigenvalue weighted by atomic mass is 79.9. The van der Waals surface area contributed by atoms with E-state index in [-0.39, 0.29) is 0 Å². The summed E-state index contributed by atoms with van der Waals surface area (Å²) in [5, 5.41) is 9.38. The van der Waals surface area contributed by atoms with Crippen LogP contribution in [-0.2, 0) is 11.2 Å². The molecular weight excluding hydrogens is 248 g/mol. The van der Waals surface area contributed by atoms with Crippen molar-refractivity contribution >= 4 is 21.9 Å². The van der Waals surface area contributed by atoms with E-state index >= 15 is 0 Å². The van der Waals surface area contributed by atoms with Gasteiger partial charge in [0.05, 0.1) is 5.33 Å². The number of alkyl halides is 1. The molecule has 1 aromatic rings. The molecule has 1 atom stereocenters. The number of carboxylic acid groups (broad SMARTS) is 1. The van der Waals surface area contributed by atoms with Crippen LogP contribution < -0.4 is 4.74 Å². The molecule has 2 rings (SSSR count). The summed E-state index contributed by atoms with van der Waals surface area (Å²) in [6.45, 7) is 0. The lowest BCUT2D eigenvalue weighted by molar-refractivity contribution is -0.151. The van der Waals surface area contributed by atoms with Crippen LogP contribution in [0, 0.1) is 0 Å². The zero-order valence-corrected chi connectivity index (χ0v) is 8.95. The first-order valence-electron chi connectivity index (χ1n) is 4.24. The zero-order valence-electron chi connectivity index (χ0n) is 7.37. The molecule has 0 aromatic heterocycles. The van der Waals surface area contributed by atoms with Crippen LogP contribution in [0.1, 0.15) is 5.56 Å². The first kappa shape index (κ1) is 9.52. The molecule has 0 saturated carbocycles. The molecular formula is C10H9BrO3. The summed E-state index contributed by atoms with van der Waals surface area (Å²) in [4.78, 5) is 11.1. The molecule has 0 radical (unpaired) electrons. The third kappa shape index (κ3) is 1.30. The van der Waals surface area contributed by atoms with Crippen LogP contribution in [-0.4, -0.2) is 22.0 Å². The summed E-state index contributed by atoms with van der Waals surface area (Å²) < 4.78 is 5.46. The van der Waals surface area contributed by atoms with Crippen molar-refractivity contribution in [1.82, 2.24) is 0 Å². The average molecular weight is 257 g/mol. The minimum atomic E-state index is -1.12. The van der Waals surface area contributed by atoms with E-state index in [1.54, 1.807) is 6.07 Å². The smallest absolute Gasteiger partial charge is 0.349 e. The maximum Gasteiger partial charge on any atom is 0.349 e. The van der Waals surface area contributed by atoms with Crippen LogP contribution in [0.15, 0.2) is 24.3 Å². The lowest BCUT2D eigenvalue weighted by Crippen LogP contribution is -2.45. The molecule has 3 nitrogen and oxygen atoms in total. The molecule has 0 aliphatic carbocycles. The van der Waals surface area contributed by atoms with E-state index in [0.29, 0.717) is 17.5 Å². The summed E-state index contributed by atoms with van der Waals surface area (Å²) in [7, 11) is 0. The Balaban J connectivity index is 2.37. The van der Waals surface area contributed by atoms with Crippen molar-refractivity contribution in [3.8, 4) is 5.75 Å². The second-order valence-electron chi connectivity index (χ2n) is 3.32. The van der Waals surface area contributed by atoms with Gasteiger partial charge in [-0.25, -0.2) is 4.79 Å². The van der Waals surface area contributed by atoms with E-state index in [0.717, 1.165) is 5.56 Å². The van der Waals surface area contributed by atoms with Crippen LogP contribution >= 0.6 is 15.9 Å². The zero-order chi connectivity index (χ0) is 10.2. The fourth-order valence-corrected chi connectivity index (χ4v) is 2.11. The fraction of sp³-hybridized carbons (Fsp3) is 0.300. The van der Waals surface area contributed by atoms with Crippen LogP contribution in [0.3, 0.4) is 0 Å². The Hall–Kier alpha value is -1.03. The molecule has 0 amide bonds. The molecule has 1 aliphatic rings. The van der Waals surface area contributed by atoms with Gasteiger partial charge in [-0.1, -0.05) is 34.1 Å². The van der Waals surface area contributed by atoms with Gasteiger partial charge in [-0.2, -0.15) is 0 Å². The summed E-state index contributed by atoms with van der Waals surface area (Å²) in [5.41, 5.74) is -0.168. The van der Waals surface area contributed by atoms with E-state index in [1.165, 1.54) is 0 Å². The molecule has 1 unspecified atom stereocenters. The van der Waals surface area contributed by atoms with Gasteiger partial charge in [0.2, 0.25) is 5.60 Å². The van der Waals surface area contributed by atoms with Crippen LogP contribution in [0.4, 0.5) is 0 Å². The van der Waals surface area contributed by atoms with Crippen molar-refractivity contribution in [1.29, 1.82) is 0 Å². The lowest BCUT2D eigenvalue weighted by atomic mass is 10.00. The van der Waals surface area contributed by atoms with Gasteiger partial charge in [0.1, 0.15) is 5.75 Å². The van der Waals surface area contributed by atoms with E-state index in [4.69, 9.17) is 9.84 Å². The highest BCUT2D eigenvalue weighted by Crippen LogP contribution is 2.36. The fourth-order valence-electron chi connectivity index (χ4n) is 1.55. The van der Waals surface area contributed by atoms with E-state index in [1.807, 2.05) is 18.2 Å². The molecule has 0 bridgehead atoms. The highest BCUT2D eigenvalue weighted by Gasteiger charge is 2.45. The van der Waals surface area contributed by atoms with E-state index < -0.39 is 11.6 Å². The maximum atomic E-state index is 11.1. The third-order valence-electron chi connectivity index (χ3n) is 2.36. The number of para-hydroxylation sites is 1. The van der Waals surface area contributed by atoms with Crippen LogP contribution in [0.2, 0.25) is 0 Å². The predicted octanol–water partition coefficient (Wildman–Crippen LogP) is 1.84. The first-order valence-corrected chi connectivity index (χ1v) is 5.36. The minimum absolute atomic E-state index is 0.296. The van der Waals surface area contributed by atoms with Crippen molar-refractivity contribution in [2.45, 2.75) is 12.0 Å². The van der Waals surface area contributed by atoms with Crippen molar-refractivity contribution in [3.05, 3.63) is 29.8 Å². The quantitative estimate of drug-likeness (QED) is 0.822. The molecule has 0 spiro atoms. The van der Waals surface area contributed by atoms with Gasteiger partial charge >= 0.3 is 5.97 Å². The predicted molar refractivity (Wildman–Crippen MR) is 54.9 cm³/mol. The van der Waals surface area contributed by atoms with Gasteiger partial charge in [0, 0.05) is 6.42 Å². The van der Waals surface area contributed by atoms with Crippen molar-refractivity contribution in [2.75, 3.05) is 5.33 Å². The Morgan fingerprint density at radius 3 is 2.86 bits per heavy atom. The van der Waals surface area contributed by atoms with E-state index in [9.17, 15) is 4.79 Å². The number of aliphatic carboxylic acids is 1. The number of carboxylic acids is 1. The molecule has 1 aromatic carbocycles. The van der Waals surface area contributed by atoms with Crippen molar-refractivity contribution < 1.29 is 14.6 Å². The second-order valence-corrected chi connectivity index (χ2v) is 3.88. The highest BCUT2D eigenvalue weighted by molar-refractivity contribution is 9.09. The van der Waals surface area contributed by atoms with Gasteiger partial charge in [-0.3, -0.25) is 0 Å². The van der Waals surface area contributed by atoms with Crippen LogP contribution in [0.25, 0.3) is 0 Å². The summed E-state index contributed by atoms with van der Waals surface area (Å²) in [6, 6.07) is 7.41. The van der Waals surface area contributed by atoms with Crippen LogP contribution in [0.5, 0.6) is 5.75 Å². The number of hydrogen-bond donors (Lipinski definition) is 1. The Morgan fingerprint density at radius 1 is 1.57 bits per heavy atom. The molecule has 1 N–H and O–H groups in total. The number of rotatable bonds is 2. The molecule has 1 aliphatic heterocycles. The van der Waals surface area contributed by atoms with Crippen molar-refractivity contribution in [2.24, 2.45) is 0 Å². The molecule has 0 saturated heterocycles. The average Bonchev–Trinajstić information content (AvgIpc) is 2.57. The topological polar surface area (TPSA) is 46.5 Å². The largest absolute Gasteiger partial charge is 0.478 e. The summed E-state index contributed by atoms with van der Waals surface area (Å²) in [5.74, 6) is -0.250. The van der Waals surface area contributed by atoms with Gasteiger partial charge < -0.3 is 9.84 Å². The van der Waals surface area contributed by atoms with Gasteiger partial charge in [-0.05, 0) is 11.6 Å². The third-order valence-corrected chi connectivity index (χ3v) is 3.27. The number of hydrogen-bond acceptors (Lipinski definition) is 2. The monoisotopic (exact) mass is 256 g/mol. The molecule has 14 heavy (non-hydrogen) atoms. The van der Waals surface area contributed by atoms with Crippen molar-refractivity contribution in [3.63, 3.8) is 0 Å². The number of carbonyl (C=O) groups is 1. The number of fused-ring (bicyclic) bond motifs is 1. The first-order chi connectivity index (χ1) is 6.68. The van der Waals surface area contributed by atoms with Gasteiger partial charge in [0.25, 0.3) is 0 Å². The lowest BCUT2D eigenvalue weighted by Gasteiger charge is -2.20. The minimum Gasteiger partial charge on any atom is -0.478 e. The van der Waals surface area contributed by atoms with E-state index in [2.05, 4.69) is 15.9 Å². The normalized spacial score (nSPS) is 24.1. The van der Waals surface area contributed by atoms with Gasteiger partial charge in [0.15, 0.2) is 0 Å². The SMILES string of the molecule is O=C(O)C1(CBr)Cc2ccccc2O1. The molecule has 1 heterocycles. The Bertz CT molecular complexity index is 350. The Kier molecular flexibility index (Phi) is 2.23. The molecule has 4 heteroatoms. The maximum absolute atomic E-state index is 11.1. The number of halogens is 1. The Morgan fingerprint density at radius 2 is 2.29 bits per heavy atom. The molecule has 74 valence electrons. The number of benzene rings is 1.